The van der Waals surface area contributed by atoms with Crippen molar-refractivity contribution in [2.24, 2.45) is 12.0 Å². The van der Waals surface area contributed by atoms with Crippen LogP contribution in [-0.4, -0.2) is 41.8 Å². The fourth-order valence-electron chi connectivity index (χ4n) is 4.49. The molecule has 0 saturated carbocycles. The van der Waals surface area contributed by atoms with Crippen LogP contribution in [-0.2, 0) is 11.8 Å². The summed E-state index contributed by atoms with van der Waals surface area (Å²) in [7, 11) is 3.38. The molecule has 0 radical (unpaired) electrons. The van der Waals surface area contributed by atoms with Crippen molar-refractivity contribution in [1.29, 1.82) is 0 Å². The van der Waals surface area contributed by atoms with Crippen molar-refractivity contribution in [1.82, 2.24) is 14.9 Å². The predicted octanol–water partition coefficient (Wildman–Crippen LogP) is 5.47. The number of halogens is 1. The molecular weight excluding hydrogens is 534 g/mol. The van der Waals surface area contributed by atoms with Gasteiger partial charge in [-0.3, -0.25) is 4.99 Å². The molecule has 3 N–H and O–H groups in total. The molecule has 3 aromatic carbocycles. The van der Waals surface area contributed by atoms with Crippen LogP contribution in [0.25, 0.3) is 32.8 Å². The van der Waals surface area contributed by atoms with Crippen LogP contribution in [0, 0.1) is 0 Å². The number of pyridine rings is 1. The number of ether oxygens (including phenoxy) is 1. The highest BCUT2D eigenvalue weighted by atomic mass is 79.9. The molecule has 2 aromatic heterocycles. The summed E-state index contributed by atoms with van der Waals surface area (Å²) in [6.45, 7) is 0.993. The number of carbonyl (C=O) groups is 2. The van der Waals surface area contributed by atoms with E-state index < -0.39 is 0 Å². The predicted molar refractivity (Wildman–Crippen MR) is 150 cm³/mol. The van der Waals surface area contributed by atoms with Crippen LogP contribution in [0.2, 0.25) is 0 Å². The molecule has 5 aromatic rings. The lowest BCUT2D eigenvalue weighted by atomic mass is 10.1. The van der Waals surface area contributed by atoms with Gasteiger partial charge in [0.2, 0.25) is 0 Å². The third-order valence-corrected chi connectivity index (χ3v) is 6.76. The molecular formula is C28H26BrN5O3. The molecule has 0 bridgehead atoms. The molecule has 0 atom stereocenters. The second-order valence-electron chi connectivity index (χ2n) is 8.65. The van der Waals surface area contributed by atoms with Crippen LogP contribution >= 0.6 is 15.9 Å². The van der Waals surface area contributed by atoms with Gasteiger partial charge < -0.3 is 24.9 Å². The maximum atomic E-state index is 12.2. The van der Waals surface area contributed by atoms with Gasteiger partial charge in [-0.1, -0.05) is 34.1 Å². The van der Waals surface area contributed by atoms with Gasteiger partial charge in [-0.25, -0.2) is 9.59 Å². The third kappa shape index (κ3) is 4.95. The second-order valence-corrected chi connectivity index (χ2v) is 9.57. The fraction of sp³-hybridized carbons (Fsp3) is 0.179. The summed E-state index contributed by atoms with van der Waals surface area (Å²) in [6, 6.07) is 20.7. The highest BCUT2D eigenvalue weighted by Crippen LogP contribution is 2.28. The van der Waals surface area contributed by atoms with Crippen molar-refractivity contribution < 1.29 is 14.3 Å². The highest BCUT2D eigenvalue weighted by molar-refractivity contribution is 9.10. The number of methoxy groups -OCH3 is 1. The number of urea groups is 1. The van der Waals surface area contributed by atoms with Gasteiger partial charge in [-0.15, -0.1) is 0 Å². The van der Waals surface area contributed by atoms with Crippen molar-refractivity contribution in [3.05, 3.63) is 82.1 Å². The average molecular weight is 560 g/mol. The number of para-hydroxylation sites is 1. The minimum Gasteiger partial charge on any atom is -0.465 e. The molecule has 37 heavy (non-hydrogen) atoms. The molecule has 8 nitrogen and oxygen atoms in total. The Morgan fingerprint density at radius 1 is 1.05 bits per heavy atom. The Hall–Kier alpha value is -4.11. The summed E-state index contributed by atoms with van der Waals surface area (Å²) in [5, 5.41) is 9.36. The van der Waals surface area contributed by atoms with Gasteiger partial charge in [-0.05, 0) is 55.0 Å². The highest BCUT2D eigenvalue weighted by Gasteiger charge is 2.16. The fourth-order valence-corrected chi connectivity index (χ4v) is 4.85. The van der Waals surface area contributed by atoms with E-state index in [1.165, 1.54) is 7.11 Å². The molecule has 0 aliphatic heterocycles. The van der Waals surface area contributed by atoms with E-state index >= 15 is 0 Å². The monoisotopic (exact) mass is 559 g/mol. The van der Waals surface area contributed by atoms with Crippen LogP contribution in [0.4, 0.5) is 10.5 Å². The number of nitrogens with zero attached hydrogens (tertiary/aromatic N) is 2. The SMILES string of the molecule is COC(=O)c1ccc2[nH]c3c(c(=NCCCNC(=O)Nc4ccccc4)c4cc(Br)ccc4n3C)c2c1. The van der Waals surface area contributed by atoms with Crippen LogP contribution in [0.1, 0.15) is 16.8 Å². The Labute approximate surface area is 221 Å². The number of H-pyrrole nitrogens is 1. The van der Waals surface area contributed by atoms with Gasteiger partial charge in [0, 0.05) is 46.6 Å². The van der Waals surface area contributed by atoms with Crippen molar-refractivity contribution >= 4 is 66.5 Å². The number of benzene rings is 3. The number of esters is 1. The van der Waals surface area contributed by atoms with E-state index in [1.54, 1.807) is 6.07 Å². The lowest BCUT2D eigenvalue weighted by Gasteiger charge is -2.10. The van der Waals surface area contributed by atoms with Crippen molar-refractivity contribution in [3.63, 3.8) is 0 Å². The molecule has 0 unspecified atom stereocenters. The topological polar surface area (TPSA) is 101 Å². The number of hydrogen-bond donors (Lipinski definition) is 3. The standard InChI is InChI=1S/C28H26BrN5O3/c1-34-23-12-10-18(29)16-21(23)25(30-13-6-14-31-28(36)32-19-7-4-3-5-8-19)24-20-15-17(27(35)37-2)9-11-22(20)33-26(24)34/h3-5,7-12,15-16,33H,6,13-14H2,1-2H3,(H2,31,32,36). The first-order chi connectivity index (χ1) is 18.0. The first-order valence-electron chi connectivity index (χ1n) is 11.9. The van der Waals surface area contributed by atoms with E-state index in [4.69, 9.17) is 9.73 Å². The first-order valence-corrected chi connectivity index (χ1v) is 12.7. The number of anilines is 1. The number of aromatic amines is 1. The molecule has 0 saturated heterocycles. The number of rotatable bonds is 6. The van der Waals surface area contributed by atoms with Gasteiger partial charge in [0.1, 0.15) is 5.65 Å². The average Bonchev–Trinajstić information content (AvgIpc) is 3.29. The van der Waals surface area contributed by atoms with E-state index in [-0.39, 0.29) is 12.0 Å². The Kier molecular flexibility index (Phi) is 6.96. The maximum Gasteiger partial charge on any atom is 0.337 e. The minimum atomic E-state index is -0.387. The van der Waals surface area contributed by atoms with Crippen molar-refractivity contribution in [3.8, 4) is 0 Å². The van der Waals surface area contributed by atoms with Gasteiger partial charge >= 0.3 is 12.0 Å². The Morgan fingerprint density at radius 3 is 2.65 bits per heavy atom. The number of fused-ring (bicyclic) bond motifs is 4. The van der Waals surface area contributed by atoms with E-state index in [0.29, 0.717) is 25.1 Å². The lowest BCUT2D eigenvalue weighted by molar-refractivity contribution is 0.0601. The lowest BCUT2D eigenvalue weighted by Crippen LogP contribution is -2.29. The molecule has 0 fully saturated rings. The quantitative estimate of drug-likeness (QED) is 0.190. The molecule has 0 spiro atoms. The van der Waals surface area contributed by atoms with E-state index in [9.17, 15) is 9.59 Å². The molecule has 188 valence electrons. The molecule has 0 aliphatic carbocycles. The number of amides is 2. The third-order valence-electron chi connectivity index (χ3n) is 6.27. The zero-order valence-corrected chi connectivity index (χ0v) is 22.1. The maximum absolute atomic E-state index is 12.2. The summed E-state index contributed by atoms with van der Waals surface area (Å²) in [5.41, 5.74) is 4.06. The van der Waals surface area contributed by atoms with Gasteiger partial charge in [0.15, 0.2) is 0 Å². The number of hydrogen-bond acceptors (Lipinski definition) is 4. The summed E-state index contributed by atoms with van der Waals surface area (Å²) in [4.78, 5) is 32.9. The molecule has 9 heteroatoms. The first kappa shape index (κ1) is 24.6. The van der Waals surface area contributed by atoms with Crippen molar-refractivity contribution in [2.75, 3.05) is 25.5 Å². The Bertz CT molecular complexity index is 1710. The second kappa shape index (κ2) is 10.5. The number of aryl methyl sites for hydroxylation is 1. The summed E-state index contributed by atoms with van der Waals surface area (Å²) in [6.07, 6.45) is 0.663. The summed E-state index contributed by atoms with van der Waals surface area (Å²) >= 11 is 3.60. The van der Waals surface area contributed by atoms with Gasteiger partial charge in [-0.2, -0.15) is 0 Å². The smallest absolute Gasteiger partial charge is 0.337 e. The van der Waals surface area contributed by atoms with Crippen LogP contribution in [0.3, 0.4) is 0 Å². The molecule has 5 rings (SSSR count). The zero-order valence-electron chi connectivity index (χ0n) is 20.5. The van der Waals surface area contributed by atoms with Gasteiger partial charge in [0.25, 0.3) is 0 Å². The van der Waals surface area contributed by atoms with Crippen molar-refractivity contribution in [2.45, 2.75) is 6.42 Å². The van der Waals surface area contributed by atoms with Gasteiger partial charge in [0.05, 0.1) is 28.9 Å². The molecule has 0 aliphatic rings. The van der Waals surface area contributed by atoms with E-state index in [2.05, 4.69) is 48.2 Å². The zero-order chi connectivity index (χ0) is 25.9. The van der Waals surface area contributed by atoms with Crippen LogP contribution < -0.4 is 16.0 Å². The number of carbonyl (C=O) groups excluding carboxylic acids is 2. The molecule has 2 heterocycles. The Balaban J connectivity index is 1.50. The largest absolute Gasteiger partial charge is 0.465 e. The van der Waals surface area contributed by atoms with E-state index in [1.807, 2.05) is 55.6 Å². The summed E-state index contributed by atoms with van der Waals surface area (Å²) < 4.78 is 7.99. The summed E-state index contributed by atoms with van der Waals surface area (Å²) in [5.74, 6) is -0.387. The van der Waals surface area contributed by atoms with Crippen LogP contribution in [0.5, 0.6) is 0 Å². The number of aromatic nitrogens is 2. The molecule has 2 amide bonds. The number of nitrogens with one attached hydrogen (secondary N) is 3. The minimum absolute atomic E-state index is 0.248. The van der Waals surface area contributed by atoms with Crippen LogP contribution in [0.15, 0.2) is 76.2 Å². The normalized spacial score (nSPS) is 11.8. The van der Waals surface area contributed by atoms with E-state index in [0.717, 1.165) is 48.4 Å². The Morgan fingerprint density at radius 2 is 1.86 bits per heavy atom.